The third kappa shape index (κ3) is 3.09. The molecule has 8 heteroatoms. The first-order valence-corrected chi connectivity index (χ1v) is 8.70. The van der Waals surface area contributed by atoms with E-state index < -0.39 is 5.97 Å². The number of Topliss-reactive ketones (excluding diaryl/α,β-unsaturated/α-hetero) is 1. The molecule has 0 fully saturated rings. The fraction of sp³-hybridized carbons (Fsp3) is 0.200. The Morgan fingerprint density at radius 2 is 2.00 bits per heavy atom. The molecule has 0 atom stereocenters. The first kappa shape index (κ1) is 17.7. The lowest BCUT2D eigenvalue weighted by Crippen LogP contribution is -2.15. The number of hydrogen-bond donors (Lipinski definition) is 0. The van der Waals surface area contributed by atoms with Gasteiger partial charge in [0.05, 0.1) is 0 Å². The van der Waals surface area contributed by atoms with E-state index in [2.05, 4.69) is 10.1 Å². The van der Waals surface area contributed by atoms with Crippen molar-refractivity contribution in [3.8, 4) is 5.82 Å². The number of aromatic nitrogens is 4. The zero-order valence-electron chi connectivity index (χ0n) is 15.7. The minimum Gasteiger partial charge on any atom is -0.453 e. The molecule has 0 N–H and O–H groups in total. The molecule has 0 spiro atoms. The molecule has 0 amide bonds. The van der Waals surface area contributed by atoms with Crippen LogP contribution in [0.25, 0.3) is 11.5 Å². The van der Waals surface area contributed by atoms with Crippen molar-refractivity contribution in [1.29, 1.82) is 0 Å². The van der Waals surface area contributed by atoms with Crippen LogP contribution in [-0.4, -0.2) is 37.5 Å². The van der Waals surface area contributed by atoms with Crippen molar-refractivity contribution in [3.05, 3.63) is 71.1 Å². The second-order valence-electron chi connectivity index (χ2n) is 6.51. The van der Waals surface area contributed by atoms with Gasteiger partial charge in [0.2, 0.25) is 5.78 Å². The standard InChI is InChI=1S/C20H18N4O4/c1-12-8-15(14(3)24(12)19-9-13(2)28-22-19)17(25)11-27-20(26)16-10-23-7-5-4-6-18(23)21-16/h4-10H,11H2,1-3H3. The van der Waals surface area contributed by atoms with Crippen LogP contribution in [0.3, 0.4) is 0 Å². The molecule has 0 aromatic carbocycles. The number of rotatable bonds is 5. The molecule has 0 aliphatic heterocycles. The number of pyridine rings is 1. The van der Waals surface area contributed by atoms with E-state index in [0.29, 0.717) is 28.5 Å². The molecule has 4 aromatic rings. The molecule has 28 heavy (non-hydrogen) atoms. The van der Waals surface area contributed by atoms with Crippen molar-refractivity contribution in [2.24, 2.45) is 0 Å². The van der Waals surface area contributed by atoms with Crippen LogP contribution in [0.5, 0.6) is 0 Å². The van der Waals surface area contributed by atoms with Crippen molar-refractivity contribution in [1.82, 2.24) is 19.1 Å². The first-order chi connectivity index (χ1) is 13.4. The summed E-state index contributed by atoms with van der Waals surface area (Å²) < 4.78 is 13.8. The number of imidazole rings is 1. The summed E-state index contributed by atoms with van der Waals surface area (Å²) in [7, 11) is 0. The predicted molar refractivity (Wildman–Crippen MR) is 99.8 cm³/mol. The molecule has 0 saturated carbocycles. The summed E-state index contributed by atoms with van der Waals surface area (Å²) >= 11 is 0. The molecule has 0 aliphatic carbocycles. The molecular formula is C20H18N4O4. The fourth-order valence-electron chi connectivity index (χ4n) is 3.17. The van der Waals surface area contributed by atoms with Crippen LogP contribution in [0.15, 0.2) is 47.2 Å². The number of hydrogen-bond acceptors (Lipinski definition) is 6. The lowest BCUT2D eigenvalue weighted by molar-refractivity contribution is 0.0469. The third-order valence-electron chi connectivity index (χ3n) is 4.48. The molecule has 0 unspecified atom stereocenters. The Bertz CT molecular complexity index is 1170. The molecule has 4 rings (SSSR count). The first-order valence-electron chi connectivity index (χ1n) is 8.70. The summed E-state index contributed by atoms with van der Waals surface area (Å²) in [6, 6.07) is 8.98. The summed E-state index contributed by atoms with van der Waals surface area (Å²) in [6.45, 7) is 5.12. The second-order valence-corrected chi connectivity index (χ2v) is 6.51. The lowest BCUT2D eigenvalue weighted by atomic mass is 10.1. The van der Waals surface area contributed by atoms with Gasteiger partial charge in [-0.3, -0.25) is 9.36 Å². The van der Waals surface area contributed by atoms with Crippen molar-refractivity contribution in [3.63, 3.8) is 0 Å². The molecule has 0 aliphatic rings. The van der Waals surface area contributed by atoms with Crippen LogP contribution in [0.2, 0.25) is 0 Å². The lowest BCUT2D eigenvalue weighted by Gasteiger charge is -2.05. The monoisotopic (exact) mass is 378 g/mol. The normalized spacial score (nSPS) is 11.1. The van der Waals surface area contributed by atoms with Crippen LogP contribution in [0.4, 0.5) is 0 Å². The number of carbonyl (C=O) groups excluding carboxylic acids is 2. The highest BCUT2D eigenvalue weighted by atomic mass is 16.5. The van der Waals surface area contributed by atoms with Gasteiger partial charge in [0.15, 0.2) is 18.1 Å². The molecule has 0 saturated heterocycles. The van der Waals surface area contributed by atoms with Crippen molar-refractivity contribution in [2.45, 2.75) is 20.8 Å². The Morgan fingerprint density at radius 3 is 2.71 bits per heavy atom. The van der Waals surface area contributed by atoms with Gasteiger partial charge in [0.1, 0.15) is 11.4 Å². The molecule has 8 nitrogen and oxygen atoms in total. The summed E-state index contributed by atoms with van der Waals surface area (Å²) in [5.41, 5.74) is 2.80. The SMILES string of the molecule is Cc1cc(-n2c(C)cc(C(=O)COC(=O)c3cn4ccccc4n3)c2C)no1. The van der Waals surface area contributed by atoms with E-state index in [1.807, 2.05) is 30.5 Å². The minimum atomic E-state index is -0.641. The van der Waals surface area contributed by atoms with Gasteiger partial charge in [-0.2, -0.15) is 0 Å². The van der Waals surface area contributed by atoms with Crippen LogP contribution in [0, 0.1) is 20.8 Å². The molecule has 0 radical (unpaired) electrons. The number of nitrogens with zero attached hydrogens (tertiary/aromatic N) is 4. The predicted octanol–water partition coefficient (Wildman–Crippen LogP) is 3.08. The van der Waals surface area contributed by atoms with Gasteiger partial charge in [-0.25, -0.2) is 9.78 Å². The van der Waals surface area contributed by atoms with Crippen LogP contribution < -0.4 is 0 Å². The summed E-state index contributed by atoms with van der Waals surface area (Å²) in [5.74, 6) is 0.347. The second kappa shape index (κ2) is 6.80. The number of aryl methyl sites for hydroxylation is 2. The van der Waals surface area contributed by atoms with Gasteiger partial charge < -0.3 is 13.7 Å². The highest BCUT2D eigenvalue weighted by Crippen LogP contribution is 2.21. The van der Waals surface area contributed by atoms with Crippen LogP contribution in [0.1, 0.15) is 38.0 Å². The van der Waals surface area contributed by atoms with Gasteiger partial charge in [0, 0.05) is 35.4 Å². The summed E-state index contributed by atoms with van der Waals surface area (Å²) in [4.78, 5) is 29.1. The Morgan fingerprint density at radius 1 is 1.18 bits per heavy atom. The maximum Gasteiger partial charge on any atom is 0.359 e. The maximum absolute atomic E-state index is 12.6. The molecule has 4 heterocycles. The van der Waals surface area contributed by atoms with Crippen molar-refractivity contribution in [2.75, 3.05) is 6.61 Å². The molecule has 0 bridgehead atoms. The van der Waals surface area contributed by atoms with Gasteiger partial charge >= 0.3 is 5.97 Å². The van der Waals surface area contributed by atoms with Gasteiger partial charge in [-0.1, -0.05) is 11.2 Å². The van der Waals surface area contributed by atoms with Gasteiger partial charge in [0.25, 0.3) is 0 Å². The maximum atomic E-state index is 12.6. The Labute approximate surface area is 160 Å². The summed E-state index contributed by atoms with van der Waals surface area (Å²) in [6.07, 6.45) is 3.35. The largest absolute Gasteiger partial charge is 0.453 e. The Hall–Kier alpha value is -3.68. The number of esters is 1. The van der Waals surface area contributed by atoms with Gasteiger partial charge in [-0.15, -0.1) is 0 Å². The van der Waals surface area contributed by atoms with E-state index in [1.54, 1.807) is 41.9 Å². The van der Waals surface area contributed by atoms with Crippen molar-refractivity contribution >= 4 is 17.4 Å². The van der Waals surface area contributed by atoms with Crippen LogP contribution >= 0.6 is 0 Å². The average molecular weight is 378 g/mol. The Kier molecular flexibility index (Phi) is 4.31. The molecule has 142 valence electrons. The van der Waals surface area contributed by atoms with Crippen molar-refractivity contribution < 1.29 is 18.8 Å². The quantitative estimate of drug-likeness (QED) is 0.391. The fourth-order valence-corrected chi connectivity index (χ4v) is 3.17. The number of fused-ring (bicyclic) bond motifs is 1. The van der Waals surface area contributed by atoms with Gasteiger partial charge in [-0.05, 0) is 39.0 Å². The highest BCUT2D eigenvalue weighted by Gasteiger charge is 2.20. The minimum absolute atomic E-state index is 0.155. The summed E-state index contributed by atoms with van der Waals surface area (Å²) in [5, 5.41) is 4.00. The van der Waals surface area contributed by atoms with E-state index in [-0.39, 0.29) is 18.1 Å². The Balaban J connectivity index is 1.50. The van der Waals surface area contributed by atoms with E-state index in [4.69, 9.17) is 9.26 Å². The van der Waals surface area contributed by atoms with E-state index in [1.165, 1.54) is 0 Å². The van der Waals surface area contributed by atoms with Crippen LogP contribution in [-0.2, 0) is 4.74 Å². The van der Waals surface area contributed by atoms with E-state index in [0.717, 1.165) is 5.69 Å². The molecular weight excluding hydrogens is 360 g/mol. The number of ether oxygens (including phenoxy) is 1. The average Bonchev–Trinajstić information content (AvgIpc) is 3.36. The highest BCUT2D eigenvalue weighted by molar-refractivity contribution is 6.00. The number of carbonyl (C=O) groups is 2. The molecule has 4 aromatic heterocycles. The zero-order chi connectivity index (χ0) is 19.8. The van der Waals surface area contributed by atoms with E-state index >= 15 is 0 Å². The number of ketones is 1. The zero-order valence-corrected chi connectivity index (χ0v) is 15.7. The smallest absolute Gasteiger partial charge is 0.359 e. The van der Waals surface area contributed by atoms with E-state index in [9.17, 15) is 9.59 Å². The third-order valence-corrected chi connectivity index (χ3v) is 4.48. The topological polar surface area (TPSA) is 91.6 Å².